The highest BCUT2D eigenvalue weighted by Crippen LogP contribution is 2.19. The van der Waals surface area contributed by atoms with Crippen molar-refractivity contribution in [3.05, 3.63) is 47.0 Å². The fourth-order valence-electron chi connectivity index (χ4n) is 2.35. The van der Waals surface area contributed by atoms with Crippen LogP contribution in [0.2, 0.25) is 0 Å². The van der Waals surface area contributed by atoms with Crippen LogP contribution in [0.15, 0.2) is 45.6 Å². The number of amides is 1. The Bertz CT molecular complexity index is 673. The van der Waals surface area contributed by atoms with Crippen molar-refractivity contribution in [1.82, 2.24) is 4.98 Å². The first-order chi connectivity index (χ1) is 10.7. The van der Waals surface area contributed by atoms with Gasteiger partial charge in [-0.25, -0.2) is 4.98 Å². The molecular weight excluding hydrogens is 346 g/mol. The maximum Gasteiger partial charge on any atom is 0.248 e. The molecule has 0 spiro atoms. The number of nitrogens with zero attached hydrogens (tertiary/aromatic N) is 2. The fraction of sp³-hybridized carbons (Fsp3) is 0.250. The van der Waals surface area contributed by atoms with E-state index in [9.17, 15) is 4.79 Å². The normalized spacial score (nSPS) is 14.7. The molecule has 1 fully saturated rings. The molecule has 3 rings (SSSR count). The van der Waals surface area contributed by atoms with E-state index in [1.807, 2.05) is 12.1 Å². The molecule has 0 saturated carbocycles. The third-order valence-electron chi connectivity index (χ3n) is 3.44. The topological polar surface area (TPSA) is 58.4 Å². The van der Waals surface area contributed by atoms with Gasteiger partial charge in [0, 0.05) is 19.2 Å². The quantitative estimate of drug-likeness (QED) is 0.843. The molecule has 0 radical (unpaired) electrons. The number of carbonyl (C=O) groups excluding carboxylic acids is 1. The van der Waals surface area contributed by atoms with Gasteiger partial charge in [-0.05, 0) is 59.1 Å². The molecule has 1 saturated heterocycles. The standard InChI is InChI=1S/C16H16BrN3O2/c17-14-6-4-13(22-14)5-8-16(21)19-12-3-7-15(18-11-12)20-9-1-2-10-20/h3-8,11H,1-2,9-10H2,(H,19,21). The molecule has 114 valence electrons. The lowest BCUT2D eigenvalue weighted by atomic mass is 10.3. The van der Waals surface area contributed by atoms with Crippen molar-refractivity contribution in [2.45, 2.75) is 12.8 Å². The molecule has 1 N–H and O–H groups in total. The Kier molecular flexibility index (Phi) is 4.58. The van der Waals surface area contributed by atoms with E-state index in [0.29, 0.717) is 16.1 Å². The number of hydrogen-bond donors (Lipinski definition) is 1. The first-order valence-electron chi connectivity index (χ1n) is 7.16. The average molecular weight is 362 g/mol. The summed E-state index contributed by atoms with van der Waals surface area (Å²) in [5, 5.41) is 2.78. The number of furan rings is 1. The Morgan fingerprint density at radius 2 is 2.09 bits per heavy atom. The van der Waals surface area contributed by atoms with E-state index >= 15 is 0 Å². The summed E-state index contributed by atoms with van der Waals surface area (Å²) in [7, 11) is 0. The van der Waals surface area contributed by atoms with E-state index in [1.165, 1.54) is 18.9 Å². The molecule has 1 aliphatic heterocycles. The summed E-state index contributed by atoms with van der Waals surface area (Å²) in [6, 6.07) is 7.36. The molecule has 2 aromatic heterocycles. The Labute approximate surface area is 137 Å². The van der Waals surface area contributed by atoms with Crippen LogP contribution in [0, 0.1) is 0 Å². The summed E-state index contributed by atoms with van der Waals surface area (Å²) < 4.78 is 5.92. The van der Waals surface area contributed by atoms with Crippen LogP contribution in [0.3, 0.4) is 0 Å². The largest absolute Gasteiger partial charge is 0.450 e. The molecular formula is C16H16BrN3O2. The molecule has 0 aliphatic carbocycles. The van der Waals surface area contributed by atoms with E-state index in [0.717, 1.165) is 18.9 Å². The Morgan fingerprint density at radius 3 is 2.73 bits per heavy atom. The zero-order valence-electron chi connectivity index (χ0n) is 12.0. The SMILES string of the molecule is O=C(C=Cc1ccc(Br)o1)Nc1ccc(N2CCCC2)nc1. The van der Waals surface area contributed by atoms with Gasteiger partial charge in [0.2, 0.25) is 5.91 Å². The van der Waals surface area contributed by atoms with Crippen molar-refractivity contribution in [1.29, 1.82) is 0 Å². The van der Waals surface area contributed by atoms with Crippen LogP contribution in [0.1, 0.15) is 18.6 Å². The number of hydrogen-bond acceptors (Lipinski definition) is 4. The summed E-state index contributed by atoms with van der Waals surface area (Å²) in [6.07, 6.45) is 7.16. The third kappa shape index (κ3) is 3.76. The minimum atomic E-state index is -0.219. The summed E-state index contributed by atoms with van der Waals surface area (Å²) in [5.41, 5.74) is 0.679. The number of nitrogens with one attached hydrogen (secondary N) is 1. The molecule has 5 nitrogen and oxygen atoms in total. The minimum Gasteiger partial charge on any atom is -0.450 e. The van der Waals surface area contributed by atoms with Gasteiger partial charge in [-0.1, -0.05) is 0 Å². The molecule has 1 amide bonds. The second kappa shape index (κ2) is 6.79. The molecule has 0 aromatic carbocycles. The van der Waals surface area contributed by atoms with E-state index < -0.39 is 0 Å². The Hall–Kier alpha value is -2.08. The summed E-state index contributed by atoms with van der Waals surface area (Å²) >= 11 is 3.21. The number of carbonyl (C=O) groups is 1. The minimum absolute atomic E-state index is 0.219. The molecule has 1 aliphatic rings. The van der Waals surface area contributed by atoms with Gasteiger partial charge in [0.05, 0.1) is 11.9 Å². The van der Waals surface area contributed by atoms with Crippen molar-refractivity contribution in [2.24, 2.45) is 0 Å². The predicted molar refractivity (Wildman–Crippen MR) is 89.8 cm³/mol. The number of rotatable bonds is 4. The van der Waals surface area contributed by atoms with Gasteiger partial charge in [-0.2, -0.15) is 0 Å². The highest BCUT2D eigenvalue weighted by molar-refractivity contribution is 9.10. The van der Waals surface area contributed by atoms with Gasteiger partial charge in [-0.15, -0.1) is 0 Å². The second-order valence-electron chi connectivity index (χ2n) is 5.06. The van der Waals surface area contributed by atoms with Crippen LogP contribution in [-0.4, -0.2) is 24.0 Å². The van der Waals surface area contributed by atoms with Gasteiger partial charge in [0.1, 0.15) is 11.6 Å². The molecule has 0 unspecified atom stereocenters. The summed E-state index contributed by atoms with van der Waals surface area (Å²) in [6.45, 7) is 2.11. The first kappa shape index (κ1) is 14.8. The van der Waals surface area contributed by atoms with Crippen molar-refractivity contribution < 1.29 is 9.21 Å². The number of anilines is 2. The lowest BCUT2D eigenvalue weighted by Gasteiger charge is -2.16. The highest BCUT2D eigenvalue weighted by Gasteiger charge is 2.13. The zero-order valence-corrected chi connectivity index (χ0v) is 13.5. The maximum atomic E-state index is 11.8. The van der Waals surface area contributed by atoms with Crippen molar-refractivity contribution in [3.63, 3.8) is 0 Å². The molecule has 3 heterocycles. The predicted octanol–water partition coefficient (Wildman–Crippen LogP) is 3.69. The van der Waals surface area contributed by atoms with Gasteiger partial charge < -0.3 is 14.6 Å². The second-order valence-corrected chi connectivity index (χ2v) is 5.85. The smallest absolute Gasteiger partial charge is 0.248 e. The molecule has 0 bridgehead atoms. The van der Waals surface area contributed by atoms with Crippen molar-refractivity contribution in [3.8, 4) is 0 Å². The van der Waals surface area contributed by atoms with Crippen LogP contribution in [0.4, 0.5) is 11.5 Å². The van der Waals surface area contributed by atoms with E-state index in [-0.39, 0.29) is 5.91 Å². The van der Waals surface area contributed by atoms with Crippen molar-refractivity contribution in [2.75, 3.05) is 23.3 Å². The van der Waals surface area contributed by atoms with Crippen LogP contribution in [0.25, 0.3) is 6.08 Å². The first-order valence-corrected chi connectivity index (χ1v) is 7.95. The van der Waals surface area contributed by atoms with Gasteiger partial charge in [0.15, 0.2) is 4.67 Å². The monoisotopic (exact) mass is 361 g/mol. The summed E-state index contributed by atoms with van der Waals surface area (Å²) in [5.74, 6) is 1.36. The zero-order chi connectivity index (χ0) is 15.4. The van der Waals surface area contributed by atoms with Crippen LogP contribution < -0.4 is 10.2 Å². The van der Waals surface area contributed by atoms with Crippen LogP contribution in [0.5, 0.6) is 0 Å². The third-order valence-corrected chi connectivity index (χ3v) is 3.86. The summed E-state index contributed by atoms with van der Waals surface area (Å²) in [4.78, 5) is 18.5. The Morgan fingerprint density at radius 1 is 1.27 bits per heavy atom. The van der Waals surface area contributed by atoms with E-state index in [2.05, 4.69) is 31.1 Å². The lowest BCUT2D eigenvalue weighted by Crippen LogP contribution is -2.18. The fourth-order valence-corrected chi connectivity index (χ4v) is 2.67. The Balaban J connectivity index is 1.58. The average Bonchev–Trinajstić information content (AvgIpc) is 3.17. The van der Waals surface area contributed by atoms with Gasteiger partial charge in [0.25, 0.3) is 0 Å². The maximum absolute atomic E-state index is 11.8. The van der Waals surface area contributed by atoms with Crippen LogP contribution in [-0.2, 0) is 4.79 Å². The van der Waals surface area contributed by atoms with Gasteiger partial charge >= 0.3 is 0 Å². The lowest BCUT2D eigenvalue weighted by molar-refractivity contribution is -0.111. The molecule has 2 aromatic rings. The van der Waals surface area contributed by atoms with Crippen molar-refractivity contribution >= 4 is 39.4 Å². The molecule has 6 heteroatoms. The number of halogens is 1. The van der Waals surface area contributed by atoms with Gasteiger partial charge in [-0.3, -0.25) is 4.79 Å². The number of aromatic nitrogens is 1. The van der Waals surface area contributed by atoms with Crippen LogP contribution >= 0.6 is 15.9 Å². The van der Waals surface area contributed by atoms with E-state index in [4.69, 9.17) is 4.42 Å². The molecule has 22 heavy (non-hydrogen) atoms. The highest BCUT2D eigenvalue weighted by atomic mass is 79.9. The molecule has 0 atom stereocenters. The van der Waals surface area contributed by atoms with E-state index in [1.54, 1.807) is 24.4 Å². The number of pyridine rings is 1.